The molecule has 1 fully saturated rings. The third-order valence-electron chi connectivity index (χ3n) is 4.13. The van der Waals surface area contributed by atoms with E-state index in [-0.39, 0.29) is 25.0 Å². The van der Waals surface area contributed by atoms with E-state index < -0.39 is 18.1 Å². The molecule has 1 heterocycles. The van der Waals surface area contributed by atoms with Gasteiger partial charge < -0.3 is 25.8 Å². The highest BCUT2D eigenvalue weighted by Gasteiger charge is 2.28. The van der Waals surface area contributed by atoms with Crippen LogP contribution in [0, 0.1) is 5.92 Å². The summed E-state index contributed by atoms with van der Waals surface area (Å²) < 4.78 is 5.27. The van der Waals surface area contributed by atoms with Gasteiger partial charge in [0.15, 0.2) is 0 Å². The molecule has 0 aliphatic carbocycles. The van der Waals surface area contributed by atoms with Crippen LogP contribution in [0.3, 0.4) is 0 Å². The van der Waals surface area contributed by atoms with Crippen LogP contribution in [0.5, 0.6) is 0 Å². The van der Waals surface area contributed by atoms with E-state index >= 15 is 0 Å². The van der Waals surface area contributed by atoms with Gasteiger partial charge in [-0.3, -0.25) is 9.59 Å². The van der Waals surface area contributed by atoms with Gasteiger partial charge in [-0.25, -0.2) is 4.79 Å². The number of hydrogen-bond donors (Lipinski definition) is 3. The molecule has 0 unspecified atom stereocenters. The monoisotopic (exact) mass is 349 g/mol. The lowest BCUT2D eigenvalue weighted by Gasteiger charge is -2.30. The molecule has 0 spiro atoms. The lowest BCUT2D eigenvalue weighted by atomic mass is 9.96. The molecule has 1 aromatic rings. The van der Waals surface area contributed by atoms with Crippen molar-refractivity contribution >= 4 is 17.9 Å². The number of ether oxygens (including phenoxy) is 1. The number of nitrogens with zero attached hydrogens (tertiary/aromatic N) is 1. The summed E-state index contributed by atoms with van der Waals surface area (Å²) in [6.45, 7) is 0.854. The van der Waals surface area contributed by atoms with Crippen LogP contribution in [0.15, 0.2) is 30.3 Å². The minimum absolute atomic E-state index is 0.201. The molecule has 8 heteroatoms. The standard InChI is InChI=1S/C17H23N3O5/c18-15(22)14(21)10-19-16(23)13-6-8-20(9-7-13)17(24)25-11-12-4-2-1-3-5-12/h1-5,13-14,21H,6-11H2,(H2,18,22)(H,19,23)/t14-/m0/s1. The second kappa shape index (κ2) is 9.03. The van der Waals surface area contributed by atoms with E-state index in [1.165, 1.54) is 0 Å². The summed E-state index contributed by atoms with van der Waals surface area (Å²) in [5.41, 5.74) is 5.84. The Hall–Kier alpha value is -2.61. The lowest BCUT2D eigenvalue weighted by Crippen LogP contribution is -2.46. The van der Waals surface area contributed by atoms with Crippen molar-refractivity contribution in [1.29, 1.82) is 0 Å². The molecule has 0 saturated carbocycles. The highest BCUT2D eigenvalue weighted by atomic mass is 16.6. The number of nitrogens with one attached hydrogen (secondary N) is 1. The van der Waals surface area contributed by atoms with Crippen molar-refractivity contribution in [3.05, 3.63) is 35.9 Å². The van der Waals surface area contributed by atoms with Gasteiger partial charge in [-0.2, -0.15) is 0 Å². The molecule has 3 amide bonds. The van der Waals surface area contributed by atoms with E-state index in [2.05, 4.69) is 5.32 Å². The zero-order valence-electron chi connectivity index (χ0n) is 13.9. The maximum absolute atomic E-state index is 12.1. The number of benzene rings is 1. The predicted octanol–water partition coefficient (Wildman–Crippen LogP) is -0.00240. The molecule has 1 aliphatic rings. The maximum atomic E-state index is 12.1. The van der Waals surface area contributed by atoms with E-state index in [1.54, 1.807) is 4.90 Å². The zero-order chi connectivity index (χ0) is 18.2. The highest BCUT2D eigenvalue weighted by Crippen LogP contribution is 2.18. The van der Waals surface area contributed by atoms with Crippen molar-refractivity contribution in [2.75, 3.05) is 19.6 Å². The van der Waals surface area contributed by atoms with Gasteiger partial charge in [-0.1, -0.05) is 30.3 Å². The van der Waals surface area contributed by atoms with Crippen LogP contribution in [0.4, 0.5) is 4.79 Å². The number of aliphatic hydroxyl groups excluding tert-OH is 1. The normalized spacial score (nSPS) is 16.1. The third-order valence-corrected chi connectivity index (χ3v) is 4.13. The summed E-state index contributed by atoms with van der Waals surface area (Å²) >= 11 is 0. The van der Waals surface area contributed by atoms with Crippen LogP contribution in [0.2, 0.25) is 0 Å². The Kier molecular flexibility index (Phi) is 6.76. The van der Waals surface area contributed by atoms with Crippen molar-refractivity contribution in [3.63, 3.8) is 0 Å². The van der Waals surface area contributed by atoms with Gasteiger partial charge in [0.1, 0.15) is 12.7 Å². The molecule has 1 aliphatic heterocycles. The largest absolute Gasteiger partial charge is 0.445 e. The van der Waals surface area contributed by atoms with Crippen molar-refractivity contribution < 1.29 is 24.2 Å². The van der Waals surface area contributed by atoms with Gasteiger partial charge in [0.25, 0.3) is 0 Å². The first-order chi connectivity index (χ1) is 12.0. The summed E-state index contributed by atoms with van der Waals surface area (Å²) in [6, 6.07) is 9.41. The number of carbonyl (C=O) groups excluding carboxylic acids is 3. The molecule has 4 N–H and O–H groups in total. The van der Waals surface area contributed by atoms with Gasteiger partial charge in [-0.15, -0.1) is 0 Å². The molecule has 136 valence electrons. The fourth-order valence-electron chi connectivity index (χ4n) is 2.58. The zero-order valence-corrected chi connectivity index (χ0v) is 13.9. The Bertz CT molecular complexity index is 600. The first kappa shape index (κ1) is 18.7. The van der Waals surface area contributed by atoms with Crippen LogP contribution in [0.1, 0.15) is 18.4 Å². The van der Waals surface area contributed by atoms with Crippen LogP contribution < -0.4 is 11.1 Å². The Morgan fingerprint density at radius 1 is 1.24 bits per heavy atom. The fourth-order valence-corrected chi connectivity index (χ4v) is 2.58. The molecule has 8 nitrogen and oxygen atoms in total. The van der Waals surface area contributed by atoms with Gasteiger partial charge in [0.05, 0.1) is 6.54 Å². The number of carbonyl (C=O) groups is 3. The summed E-state index contributed by atoms with van der Waals surface area (Å²) in [5.74, 6) is -1.40. The molecule has 1 atom stereocenters. The van der Waals surface area contributed by atoms with E-state index in [1.807, 2.05) is 30.3 Å². The molecule has 0 aromatic heterocycles. The van der Waals surface area contributed by atoms with Crippen molar-refractivity contribution in [3.8, 4) is 0 Å². The van der Waals surface area contributed by atoms with Crippen LogP contribution in [-0.4, -0.2) is 53.7 Å². The molecule has 1 aromatic carbocycles. The van der Waals surface area contributed by atoms with Gasteiger partial charge in [0.2, 0.25) is 11.8 Å². The smallest absolute Gasteiger partial charge is 0.410 e. The van der Waals surface area contributed by atoms with Crippen molar-refractivity contribution in [2.45, 2.75) is 25.6 Å². The second-order valence-corrected chi connectivity index (χ2v) is 5.96. The first-order valence-corrected chi connectivity index (χ1v) is 8.18. The number of piperidine rings is 1. The summed E-state index contributed by atoms with van der Waals surface area (Å²) in [6.07, 6.45) is -0.790. The number of amides is 3. The van der Waals surface area contributed by atoms with E-state index in [4.69, 9.17) is 10.5 Å². The molecule has 2 rings (SSSR count). The molecule has 1 saturated heterocycles. The minimum Gasteiger partial charge on any atom is -0.445 e. The van der Waals surface area contributed by atoms with E-state index in [0.29, 0.717) is 25.9 Å². The van der Waals surface area contributed by atoms with Gasteiger partial charge in [-0.05, 0) is 18.4 Å². The number of hydrogen-bond acceptors (Lipinski definition) is 5. The minimum atomic E-state index is -1.39. The molecular weight excluding hydrogens is 326 g/mol. The van der Waals surface area contributed by atoms with Crippen molar-refractivity contribution in [2.24, 2.45) is 11.7 Å². The van der Waals surface area contributed by atoms with Crippen LogP contribution in [-0.2, 0) is 20.9 Å². The fraction of sp³-hybridized carbons (Fsp3) is 0.471. The average molecular weight is 349 g/mol. The van der Waals surface area contributed by atoms with E-state index in [9.17, 15) is 19.5 Å². The molecule has 0 bridgehead atoms. The lowest BCUT2D eigenvalue weighted by molar-refractivity contribution is -0.129. The first-order valence-electron chi connectivity index (χ1n) is 8.18. The Morgan fingerprint density at radius 3 is 2.48 bits per heavy atom. The number of aliphatic hydroxyl groups is 1. The van der Waals surface area contributed by atoms with Crippen molar-refractivity contribution in [1.82, 2.24) is 10.2 Å². The number of likely N-dealkylation sites (tertiary alicyclic amines) is 1. The summed E-state index contributed by atoms with van der Waals surface area (Å²) in [5, 5.41) is 11.8. The third kappa shape index (κ3) is 5.75. The Morgan fingerprint density at radius 2 is 1.88 bits per heavy atom. The molecule has 25 heavy (non-hydrogen) atoms. The van der Waals surface area contributed by atoms with Gasteiger partial charge in [0, 0.05) is 19.0 Å². The predicted molar refractivity (Wildman–Crippen MR) is 89.1 cm³/mol. The Balaban J connectivity index is 1.70. The maximum Gasteiger partial charge on any atom is 0.410 e. The van der Waals surface area contributed by atoms with Crippen LogP contribution >= 0.6 is 0 Å². The Labute approximate surface area is 145 Å². The molecule has 0 radical (unpaired) electrons. The second-order valence-electron chi connectivity index (χ2n) is 5.96. The number of primary amides is 1. The van der Waals surface area contributed by atoms with Crippen LogP contribution in [0.25, 0.3) is 0 Å². The average Bonchev–Trinajstić information content (AvgIpc) is 2.64. The highest BCUT2D eigenvalue weighted by molar-refractivity contribution is 5.82. The number of rotatable bonds is 6. The molecular formula is C17H23N3O5. The van der Waals surface area contributed by atoms with Gasteiger partial charge >= 0.3 is 6.09 Å². The summed E-state index contributed by atoms with van der Waals surface area (Å²) in [4.78, 5) is 36.4. The SMILES string of the molecule is NC(=O)[C@@H](O)CNC(=O)C1CCN(C(=O)OCc2ccccc2)CC1. The number of nitrogens with two attached hydrogens (primary N) is 1. The quantitative estimate of drug-likeness (QED) is 0.667. The van der Waals surface area contributed by atoms with E-state index in [0.717, 1.165) is 5.56 Å². The summed E-state index contributed by atoms with van der Waals surface area (Å²) in [7, 11) is 0. The topological polar surface area (TPSA) is 122 Å².